The predicted molar refractivity (Wildman–Crippen MR) is 92.5 cm³/mol. The minimum Gasteiger partial charge on any atom is -0.310 e. The topological polar surface area (TPSA) is 12.0 Å². The van der Waals surface area contributed by atoms with Gasteiger partial charge in [0.05, 0.1) is 0 Å². The zero-order chi connectivity index (χ0) is 15.4. The number of nitrogens with one attached hydrogen (secondary N) is 1. The van der Waals surface area contributed by atoms with Gasteiger partial charge < -0.3 is 5.32 Å². The van der Waals surface area contributed by atoms with E-state index in [0.717, 1.165) is 28.6 Å². The maximum atomic E-state index is 6.21. The van der Waals surface area contributed by atoms with Gasteiger partial charge in [-0.3, -0.25) is 0 Å². The zero-order valence-electron chi connectivity index (χ0n) is 12.7. The highest BCUT2D eigenvalue weighted by Crippen LogP contribution is 2.27. The zero-order valence-corrected chi connectivity index (χ0v) is 14.2. The van der Waals surface area contributed by atoms with E-state index >= 15 is 0 Å². The first-order valence-electron chi connectivity index (χ1n) is 7.25. The van der Waals surface area contributed by atoms with Crippen LogP contribution in [0, 0.1) is 13.8 Å². The molecule has 21 heavy (non-hydrogen) atoms. The second-order valence-electron chi connectivity index (χ2n) is 5.40. The van der Waals surface area contributed by atoms with Crippen LogP contribution in [0.1, 0.15) is 35.2 Å². The second kappa shape index (κ2) is 7.31. The summed E-state index contributed by atoms with van der Waals surface area (Å²) in [5.41, 5.74) is 4.88. The van der Waals surface area contributed by atoms with Crippen LogP contribution in [0.15, 0.2) is 36.4 Å². The van der Waals surface area contributed by atoms with Crippen molar-refractivity contribution >= 4 is 23.2 Å². The number of halogens is 2. The molecule has 0 bridgehead atoms. The molecule has 3 heteroatoms. The molecule has 0 aliphatic rings. The number of aryl methyl sites for hydroxylation is 2. The Hall–Kier alpha value is -1.02. The molecule has 112 valence electrons. The van der Waals surface area contributed by atoms with E-state index < -0.39 is 0 Å². The Labute approximate surface area is 137 Å². The summed E-state index contributed by atoms with van der Waals surface area (Å²) in [5, 5.41) is 5.18. The monoisotopic (exact) mass is 321 g/mol. The molecule has 1 nitrogen and oxygen atoms in total. The first-order valence-corrected chi connectivity index (χ1v) is 8.01. The van der Waals surface area contributed by atoms with Gasteiger partial charge in [-0.2, -0.15) is 0 Å². The number of hydrogen-bond donors (Lipinski definition) is 1. The van der Waals surface area contributed by atoms with Gasteiger partial charge in [-0.25, -0.2) is 0 Å². The lowest BCUT2D eigenvalue weighted by molar-refractivity contribution is 0.547. The van der Waals surface area contributed by atoms with Crippen molar-refractivity contribution in [3.05, 3.63) is 68.7 Å². The lowest BCUT2D eigenvalue weighted by atomic mass is 9.94. The highest BCUT2D eigenvalue weighted by molar-refractivity contribution is 6.31. The third kappa shape index (κ3) is 4.23. The van der Waals surface area contributed by atoms with E-state index in [1.54, 1.807) is 0 Å². The Morgan fingerprint density at radius 1 is 1.05 bits per heavy atom. The lowest BCUT2D eigenvalue weighted by Gasteiger charge is -2.22. The Bertz CT molecular complexity index is 623. The van der Waals surface area contributed by atoms with E-state index in [0.29, 0.717) is 0 Å². The summed E-state index contributed by atoms with van der Waals surface area (Å²) in [7, 11) is 0. The molecule has 2 aromatic carbocycles. The molecule has 0 saturated carbocycles. The molecule has 2 aromatic rings. The molecular formula is C18H21Cl2N. The quantitative estimate of drug-likeness (QED) is 0.766. The number of hydrogen-bond acceptors (Lipinski definition) is 1. The molecule has 0 amide bonds. The minimum atomic E-state index is 0.268. The fraction of sp³-hybridized carbons (Fsp3) is 0.333. The molecule has 0 aromatic heterocycles. The van der Waals surface area contributed by atoms with Gasteiger partial charge in [0.15, 0.2) is 0 Å². The van der Waals surface area contributed by atoms with Gasteiger partial charge in [0.2, 0.25) is 0 Å². The van der Waals surface area contributed by atoms with E-state index in [9.17, 15) is 0 Å². The van der Waals surface area contributed by atoms with Gasteiger partial charge in [0.25, 0.3) is 0 Å². The van der Waals surface area contributed by atoms with Gasteiger partial charge >= 0.3 is 0 Å². The Morgan fingerprint density at radius 2 is 1.81 bits per heavy atom. The average Bonchev–Trinajstić information content (AvgIpc) is 2.42. The van der Waals surface area contributed by atoms with Gasteiger partial charge in [-0.1, -0.05) is 48.3 Å². The van der Waals surface area contributed by atoms with Crippen molar-refractivity contribution in [2.24, 2.45) is 0 Å². The first-order chi connectivity index (χ1) is 10.0. The largest absolute Gasteiger partial charge is 0.310 e. The van der Waals surface area contributed by atoms with Crippen molar-refractivity contribution in [2.45, 2.75) is 33.2 Å². The molecule has 0 radical (unpaired) electrons. The number of rotatable bonds is 5. The number of likely N-dealkylation sites (N-methyl/N-ethyl adjacent to an activating group) is 1. The molecule has 2 rings (SSSR count). The van der Waals surface area contributed by atoms with Crippen molar-refractivity contribution in [3.63, 3.8) is 0 Å². The molecule has 1 unspecified atom stereocenters. The SMILES string of the molecule is CCNC(Cc1cccc(Cl)c1)c1cc(C)c(Cl)cc1C. The van der Waals surface area contributed by atoms with Gasteiger partial charge in [0, 0.05) is 16.1 Å². The van der Waals surface area contributed by atoms with Crippen LogP contribution in [-0.2, 0) is 6.42 Å². The summed E-state index contributed by atoms with van der Waals surface area (Å²) in [6, 6.07) is 12.6. The van der Waals surface area contributed by atoms with E-state index in [-0.39, 0.29) is 6.04 Å². The summed E-state index contributed by atoms with van der Waals surface area (Å²) >= 11 is 12.3. The molecule has 0 fully saturated rings. The lowest BCUT2D eigenvalue weighted by Crippen LogP contribution is -2.24. The fourth-order valence-electron chi connectivity index (χ4n) is 2.62. The van der Waals surface area contributed by atoms with Crippen molar-refractivity contribution in [1.82, 2.24) is 5.32 Å². The molecule has 1 atom stereocenters. The summed E-state index contributed by atoms with van der Waals surface area (Å²) < 4.78 is 0. The van der Waals surface area contributed by atoms with E-state index in [1.807, 2.05) is 25.1 Å². The van der Waals surface area contributed by atoms with Crippen LogP contribution in [0.4, 0.5) is 0 Å². The Balaban J connectivity index is 2.33. The van der Waals surface area contributed by atoms with Crippen LogP contribution in [0.2, 0.25) is 10.0 Å². The normalized spacial score (nSPS) is 12.4. The molecular weight excluding hydrogens is 301 g/mol. The fourth-order valence-corrected chi connectivity index (χ4v) is 3.05. The number of benzene rings is 2. The Morgan fingerprint density at radius 3 is 2.48 bits per heavy atom. The molecule has 0 spiro atoms. The predicted octanol–water partition coefficient (Wildman–Crippen LogP) is 5.50. The van der Waals surface area contributed by atoms with Crippen LogP contribution in [-0.4, -0.2) is 6.54 Å². The third-order valence-electron chi connectivity index (χ3n) is 3.70. The van der Waals surface area contributed by atoms with Crippen LogP contribution in [0.25, 0.3) is 0 Å². The van der Waals surface area contributed by atoms with Crippen LogP contribution >= 0.6 is 23.2 Å². The van der Waals surface area contributed by atoms with Gasteiger partial charge in [0.1, 0.15) is 0 Å². The molecule has 1 N–H and O–H groups in total. The van der Waals surface area contributed by atoms with Gasteiger partial charge in [-0.15, -0.1) is 0 Å². The highest BCUT2D eigenvalue weighted by Gasteiger charge is 2.15. The molecule has 0 aliphatic heterocycles. The minimum absolute atomic E-state index is 0.268. The third-order valence-corrected chi connectivity index (χ3v) is 4.34. The van der Waals surface area contributed by atoms with Crippen molar-refractivity contribution < 1.29 is 0 Å². The maximum Gasteiger partial charge on any atom is 0.0438 e. The average molecular weight is 322 g/mol. The molecule has 0 saturated heterocycles. The first kappa shape index (κ1) is 16.4. The van der Waals surface area contributed by atoms with E-state index in [2.05, 4.69) is 37.4 Å². The molecule has 0 heterocycles. The summed E-state index contributed by atoms with van der Waals surface area (Å²) in [5.74, 6) is 0. The van der Waals surface area contributed by atoms with Crippen molar-refractivity contribution in [2.75, 3.05) is 6.54 Å². The smallest absolute Gasteiger partial charge is 0.0438 e. The van der Waals surface area contributed by atoms with E-state index in [4.69, 9.17) is 23.2 Å². The Kier molecular flexibility index (Phi) is 5.69. The second-order valence-corrected chi connectivity index (χ2v) is 6.25. The van der Waals surface area contributed by atoms with Crippen LogP contribution in [0.5, 0.6) is 0 Å². The maximum absolute atomic E-state index is 6.21. The standard InChI is InChI=1S/C18H21Cl2N/c1-4-21-18(11-14-6-5-7-15(19)10-14)16-8-13(3)17(20)9-12(16)2/h5-10,18,21H,4,11H2,1-3H3. The van der Waals surface area contributed by atoms with Crippen LogP contribution in [0.3, 0.4) is 0 Å². The molecule has 0 aliphatic carbocycles. The van der Waals surface area contributed by atoms with E-state index in [1.165, 1.54) is 16.7 Å². The van der Waals surface area contributed by atoms with Crippen molar-refractivity contribution in [1.29, 1.82) is 0 Å². The van der Waals surface area contributed by atoms with Crippen molar-refractivity contribution in [3.8, 4) is 0 Å². The summed E-state index contributed by atoms with van der Waals surface area (Å²) in [6.45, 7) is 7.21. The van der Waals surface area contributed by atoms with Crippen LogP contribution < -0.4 is 5.32 Å². The van der Waals surface area contributed by atoms with Gasteiger partial charge in [-0.05, 0) is 67.3 Å². The summed E-state index contributed by atoms with van der Waals surface area (Å²) in [4.78, 5) is 0. The summed E-state index contributed by atoms with van der Waals surface area (Å²) in [6.07, 6.45) is 0.913. The highest BCUT2D eigenvalue weighted by atomic mass is 35.5.